The Hall–Kier alpha value is -2.36. The Morgan fingerprint density at radius 3 is 2.70 bits per heavy atom. The first-order valence-electron chi connectivity index (χ1n) is 9.88. The molecule has 0 spiro atoms. The molecule has 0 bridgehead atoms. The molecule has 1 aromatic heterocycles. The molecule has 0 radical (unpaired) electrons. The number of benzene rings is 2. The van der Waals surface area contributed by atoms with Gasteiger partial charge < -0.3 is 0 Å². The van der Waals surface area contributed by atoms with E-state index in [0.717, 1.165) is 25.7 Å². The lowest BCUT2D eigenvalue weighted by molar-refractivity contribution is 0.102. The van der Waals surface area contributed by atoms with Crippen molar-refractivity contribution in [3.05, 3.63) is 53.8 Å². The minimum absolute atomic E-state index is 0.0196. The van der Waals surface area contributed by atoms with Crippen molar-refractivity contribution >= 4 is 42.6 Å². The number of thiazole rings is 1. The number of fused-ring (bicyclic) bond motifs is 1. The highest BCUT2D eigenvalue weighted by molar-refractivity contribution is 7.89. The van der Waals surface area contributed by atoms with Gasteiger partial charge in [-0.3, -0.25) is 10.1 Å². The van der Waals surface area contributed by atoms with Crippen molar-refractivity contribution < 1.29 is 17.6 Å². The van der Waals surface area contributed by atoms with Gasteiger partial charge in [0.25, 0.3) is 5.91 Å². The molecule has 3 aromatic rings. The van der Waals surface area contributed by atoms with E-state index < -0.39 is 21.7 Å². The number of hydrogen-bond acceptors (Lipinski definition) is 5. The van der Waals surface area contributed by atoms with E-state index in [1.54, 1.807) is 16.4 Å². The van der Waals surface area contributed by atoms with Gasteiger partial charge in [-0.1, -0.05) is 30.7 Å². The molecule has 1 N–H and O–H groups in total. The molecule has 1 amide bonds. The number of hydrogen-bond donors (Lipinski definition) is 1. The van der Waals surface area contributed by atoms with E-state index in [9.17, 15) is 17.6 Å². The lowest BCUT2D eigenvalue weighted by atomic mass is 10.0. The molecule has 0 aliphatic carbocycles. The molecule has 0 saturated carbocycles. The fraction of sp³-hybridized carbons (Fsp3) is 0.333. The minimum Gasteiger partial charge on any atom is -0.298 e. The van der Waals surface area contributed by atoms with Crippen LogP contribution in [0.1, 0.15) is 43.0 Å². The van der Waals surface area contributed by atoms with E-state index in [1.807, 2.05) is 6.92 Å². The third kappa shape index (κ3) is 3.97. The molecule has 1 fully saturated rings. The van der Waals surface area contributed by atoms with Crippen molar-refractivity contribution in [2.45, 2.75) is 43.5 Å². The average molecular weight is 448 g/mol. The SMILES string of the molecule is CCC1CCCCN1S(=O)(=O)c1ccc(C(=O)Nc2nc3c(F)cccc3s2)cc1. The Kier molecular flexibility index (Phi) is 5.86. The molecule has 30 heavy (non-hydrogen) atoms. The van der Waals surface area contributed by atoms with Crippen LogP contribution in [0.4, 0.5) is 9.52 Å². The summed E-state index contributed by atoms with van der Waals surface area (Å²) < 4.78 is 42.1. The van der Waals surface area contributed by atoms with Crippen molar-refractivity contribution in [3.63, 3.8) is 0 Å². The molecular formula is C21H22FN3O3S2. The molecule has 1 saturated heterocycles. The predicted molar refractivity (Wildman–Crippen MR) is 116 cm³/mol. The quantitative estimate of drug-likeness (QED) is 0.618. The maximum Gasteiger partial charge on any atom is 0.257 e. The van der Waals surface area contributed by atoms with Crippen molar-refractivity contribution in [3.8, 4) is 0 Å². The van der Waals surface area contributed by atoms with E-state index >= 15 is 0 Å². The number of para-hydroxylation sites is 1. The van der Waals surface area contributed by atoms with Crippen LogP contribution in [0.2, 0.25) is 0 Å². The van der Waals surface area contributed by atoms with Crippen molar-refractivity contribution in [2.75, 3.05) is 11.9 Å². The molecule has 1 atom stereocenters. The summed E-state index contributed by atoms with van der Waals surface area (Å²) in [4.78, 5) is 16.8. The van der Waals surface area contributed by atoms with Crippen LogP contribution in [0.5, 0.6) is 0 Å². The second-order valence-electron chi connectivity index (χ2n) is 7.26. The number of halogens is 1. The molecule has 6 nitrogen and oxygen atoms in total. The molecule has 1 aliphatic rings. The van der Waals surface area contributed by atoms with Crippen LogP contribution in [0.3, 0.4) is 0 Å². The van der Waals surface area contributed by atoms with Crippen LogP contribution in [-0.2, 0) is 10.0 Å². The van der Waals surface area contributed by atoms with Gasteiger partial charge >= 0.3 is 0 Å². The Morgan fingerprint density at radius 2 is 2.00 bits per heavy atom. The van der Waals surface area contributed by atoms with Gasteiger partial charge in [0.15, 0.2) is 5.13 Å². The molecule has 2 heterocycles. The highest BCUT2D eigenvalue weighted by Crippen LogP contribution is 2.29. The topological polar surface area (TPSA) is 79.4 Å². The van der Waals surface area contributed by atoms with Crippen molar-refractivity contribution in [1.82, 2.24) is 9.29 Å². The van der Waals surface area contributed by atoms with E-state index in [4.69, 9.17) is 0 Å². The normalized spacial score (nSPS) is 17.9. The van der Waals surface area contributed by atoms with Gasteiger partial charge in [-0.2, -0.15) is 4.31 Å². The zero-order valence-electron chi connectivity index (χ0n) is 16.5. The van der Waals surface area contributed by atoms with Gasteiger partial charge in [-0.05, 0) is 55.7 Å². The molecular weight excluding hydrogens is 425 g/mol. The highest BCUT2D eigenvalue weighted by atomic mass is 32.2. The number of carbonyl (C=O) groups is 1. The summed E-state index contributed by atoms with van der Waals surface area (Å²) in [6, 6.07) is 10.6. The first kappa shape index (κ1) is 20.9. The number of nitrogens with zero attached hydrogens (tertiary/aromatic N) is 2. The number of amides is 1. The maximum atomic E-state index is 13.8. The number of rotatable bonds is 5. The fourth-order valence-electron chi connectivity index (χ4n) is 3.75. The van der Waals surface area contributed by atoms with E-state index in [0.29, 0.717) is 16.8 Å². The summed E-state index contributed by atoms with van der Waals surface area (Å²) in [6.07, 6.45) is 3.56. The molecule has 9 heteroatoms. The molecule has 2 aromatic carbocycles. The number of sulfonamides is 1. The van der Waals surface area contributed by atoms with Crippen LogP contribution in [-0.4, -0.2) is 36.2 Å². The summed E-state index contributed by atoms with van der Waals surface area (Å²) in [5.41, 5.74) is 0.519. The Balaban J connectivity index is 1.52. The smallest absolute Gasteiger partial charge is 0.257 e. The third-order valence-corrected chi connectivity index (χ3v) is 8.26. The lowest BCUT2D eigenvalue weighted by Gasteiger charge is -2.34. The van der Waals surface area contributed by atoms with E-state index in [1.165, 1.54) is 41.7 Å². The molecule has 158 valence electrons. The summed E-state index contributed by atoms with van der Waals surface area (Å²) in [6.45, 7) is 2.52. The van der Waals surface area contributed by atoms with Gasteiger partial charge in [-0.15, -0.1) is 0 Å². The zero-order chi connectivity index (χ0) is 21.3. The first-order valence-corrected chi connectivity index (χ1v) is 12.1. The predicted octanol–water partition coefficient (Wildman–Crippen LogP) is 4.64. The zero-order valence-corrected chi connectivity index (χ0v) is 18.1. The number of nitrogens with one attached hydrogen (secondary N) is 1. The Labute approximate surface area is 178 Å². The second kappa shape index (κ2) is 8.41. The highest BCUT2D eigenvalue weighted by Gasteiger charge is 2.32. The van der Waals surface area contributed by atoms with Gasteiger partial charge in [0.1, 0.15) is 11.3 Å². The van der Waals surface area contributed by atoms with Gasteiger partial charge in [-0.25, -0.2) is 17.8 Å². The first-order chi connectivity index (χ1) is 14.4. The molecule has 4 rings (SSSR count). The third-order valence-electron chi connectivity index (χ3n) is 5.36. The molecule has 1 unspecified atom stereocenters. The van der Waals surface area contributed by atoms with E-state index in [2.05, 4.69) is 10.3 Å². The van der Waals surface area contributed by atoms with Gasteiger partial charge in [0.2, 0.25) is 10.0 Å². The number of aromatic nitrogens is 1. The van der Waals surface area contributed by atoms with Gasteiger partial charge in [0.05, 0.1) is 9.60 Å². The van der Waals surface area contributed by atoms with Crippen LogP contribution in [0, 0.1) is 5.82 Å². The lowest BCUT2D eigenvalue weighted by Crippen LogP contribution is -2.43. The molecule has 1 aliphatic heterocycles. The van der Waals surface area contributed by atoms with E-state index in [-0.39, 0.29) is 21.6 Å². The monoisotopic (exact) mass is 447 g/mol. The number of carbonyl (C=O) groups excluding carboxylic acids is 1. The van der Waals surface area contributed by atoms with Gasteiger partial charge in [0, 0.05) is 18.2 Å². The van der Waals surface area contributed by atoms with Crippen LogP contribution in [0.15, 0.2) is 47.4 Å². The summed E-state index contributed by atoms with van der Waals surface area (Å²) in [7, 11) is -3.60. The minimum atomic E-state index is -3.60. The number of anilines is 1. The van der Waals surface area contributed by atoms with Crippen molar-refractivity contribution in [2.24, 2.45) is 0 Å². The van der Waals surface area contributed by atoms with Crippen molar-refractivity contribution in [1.29, 1.82) is 0 Å². The maximum absolute atomic E-state index is 13.8. The standard InChI is InChI=1S/C21H22FN3O3S2/c1-2-15-6-3-4-13-25(15)30(27,28)16-11-9-14(10-12-16)20(26)24-21-23-19-17(22)7-5-8-18(19)29-21/h5,7-12,15H,2-4,6,13H2,1H3,(H,23,24,26). The second-order valence-corrected chi connectivity index (χ2v) is 10.2. The Bertz CT molecular complexity index is 1180. The largest absolute Gasteiger partial charge is 0.298 e. The average Bonchev–Trinajstić information content (AvgIpc) is 3.17. The van der Waals surface area contributed by atoms with Crippen LogP contribution >= 0.6 is 11.3 Å². The summed E-state index contributed by atoms with van der Waals surface area (Å²) in [5, 5.41) is 2.94. The van der Waals surface area contributed by atoms with Crippen LogP contribution < -0.4 is 5.32 Å². The Morgan fingerprint density at radius 1 is 1.23 bits per heavy atom. The fourth-order valence-corrected chi connectivity index (χ4v) is 6.39. The summed E-state index contributed by atoms with van der Waals surface area (Å²) in [5.74, 6) is -0.871. The number of piperidine rings is 1. The van der Waals surface area contributed by atoms with Crippen LogP contribution in [0.25, 0.3) is 10.2 Å². The summed E-state index contributed by atoms with van der Waals surface area (Å²) >= 11 is 1.18.